The minimum Gasteiger partial charge on any atom is -0.345 e. The number of nitrogens with one attached hydrogen (secondary N) is 1. The fourth-order valence-corrected chi connectivity index (χ4v) is 4.12. The second-order valence-corrected chi connectivity index (χ2v) is 8.00. The van der Waals surface area contributed by atoms with Crippen molar-refractivity contribution in [1.82, 2.24) is 20.3 Å². The van der Waals surface area contributed by atoms with E-state index in [1.807, 2.05) is 42.6 Å². The Morgan fingerprint density at radius 1 is 1.30 bits per heavy atom. The number of amides is 1. The van der Waals surface area contributed by atoms with Crippen molar-refractivity contribution in [2.24, 2.45) is 5.92 Å². The highest BCUT2D eigenvalue weighted by Gasteiger charge is 2.35. The predicted octanol–water partition coefficient (Wildman–Crippen LogP) is 4.37. The van der Waals surface area contributed by atoms with Gasteiger partial charge in [-0.3, -0.25) is 4.79 Å². The standard InChI is InChI=1S/C20H19ClN4OS/c1-12-8-9-22-19(23-12)18(13-6-7-13)25-17(26)10-14-11-27-20(24-14)15-4-2-3-5-16(15)21/h2-5,8-9,11,13,18H,6-7,10H2,1H3,(H,25,26)/t18-/m0/s1. The number of benzene rings is 1. The van der Waals surface area contributed by atoms with E-state index in [1.54, 1.807) is 6.20 Å². The Bertz CT molecular complexity index is 970. The first-order valence-corrected chi connectivity index (χ1v) is 10.1. The summed E-state index contributed by atoms with van der Waals surface area (Å²) in [4.78, 5) is 26.0. The minimum absolute atomic E-state index is 0.0620. The van der Waals surface area contributed by atoms with Gasteiger partial charge >= 0.3 is 0 Å². The van der Waals surface area contributed by atoms with Crippen LogP contribution < -0.4 is 5.32 Å². The fourth-order valence-electron chi connectivity index (χ4n) is 2.98. The zero-order valence-corrected chi connectivity index (χ0v) is 16.4. The number of carbonyl (C=O) groups is 1. The molecule has 1 aromatic carbocycles. The average Bonchev–Trinajstić information content (AvgIpc) is 3.39. The number of thiazole rings is 1. The third kappa shape index (κ3) is 4.34. The first kappa shape index (κ1) is 18.1. The lowest BCUT2D eigenvalue weighted by Crippen LogP contribution is -2.32. The van der Waals surface area contributed by atoms with Gasteiger partial charge in [0.05, 0.1) is 23.2 Å². The van der Waals surface area contributed by atoms with E-state index in [0.717, 1.165) is 34.8 Å². The Kier molecular flexibility index (Phi) is 5.18. The number of hydrogen-bond acceptors (Lipinski definition) is 5. The first-order valence-electron chi connectivity index (χ1n) is 8.88. The van der Waals surface area contributed by atoms with E-state index in [4.69, 9.17) is 11.6 Å². The molecule has 1 N–H and O–H groups in total. The van der Waals surface area contributed by atoms with E-state index in [2.05, 4.69) is 20.3 Å². The van der Waals surface area contributed by atoms with Crippen molar-refractivity contribution >= 4 is 28.8 Å². The largest absolute Gasteiger partial charge is 0.345 e. The van der Waals surface area contributed by atoms with Gasteiger partial charge in [-0.25, -0.2) is 15.0 Å². The highest BCUT2D eigenvalue weighted by Crippen LogP contribution is 2.40. The van der Waals surface area contributed by atoms with Gasteiger partial charge < -0.3 is 5.32 Å². The molecule has 1 fully saturated rings. The van der Waals surface area contributed by atoms with Crippen molar-refractivity contribution < 1.29 is 4.79 Å². The van der Waals surface area contributed by atoms with E-state index in [0.29, 0.717) is 16.8 Å². The molecule has 1 aliphatic carbocycles. The summed E-state index contributed by atoms with van der Waals surface area (Å²) in [5.41, 5.74) is 2.54. The number of aryl methyl sites for hydroxylation is 1. The van der Waals surface area contributed by atoms with Crippen LogP contribution in [0.2, 0.25) is 5.02 Å². The van der Waals surface area contributed by atoms with Crippen LogP contribution in [0.15, 0.2) is 41.9 Å². The summed E-state index contributed by atoms with van der Waals surface area (Å²) in [5, 5.41) is 6.50. The maximum absolute atomic E-state index is 12.6. The summed E-state index contributed by atoms with van der Waals surface area (Å²) in [6.07, 6.45) is 4.16. The monoisotopic (exact) mass is 398 g/mol. The topological polar surface area (TPSA) is 67.8 Å². The van der Waals surface area contributed by atoms with Crippen LogP contribution >= 0.6 is 22.9 Å². The lowest BCUT2D eigenvalue weighted by molar-refractivity contribution is -0.121. The maximum Gasteiger partial charge on any atom is 0.226 e. The molecule has 0 bridgehead atoms. The summed E-state index contributed by atoms with van der Waals surface area (Å²) in [6, 6.07) is 9.33. The third-order valence-corrected chi connectivity index (χ3v) is 5.75. The molecule has 3 aromatic rings. The molecular formula is C20H19ClN4OS. The van der Waals surface area contributed by atoms with E-state index >= 15 is 0 Å². The third-order valence-electron chi connectivity index (χ3n) is 4.50. The van der Waals surface area contributed by atoms with Crippen LogP contribution in [-0.2, 0) is 11.2 Å². The summed E-state index contributed by atoms with van der Waals surface area (Å²) in [5.74, 6) is 1.05. The van der Waals surface area contributed by atoms with Crippen molar-refractivity contribution in [3.05, 3.63) is 64.1 Å². The van der Waals surface area contributed by atoms with Crippen molar-refractivity contribution in [3.8, 4) is 10.6 Å². The first-order chi connectivity index (χ1) is 13.1. The van der Waals surface area contributed by atoms with Crippen LogP contribution in [0.3, 0.4) is 0 Å². The molecule has 0 spiro atoms. The molecule has 1 saturated carbocycles. The van der Waals surface area contributed by atoms with E-state index in [-0.39, 0.29) is 18.4 Å². The van der Waals surface area contributed by atoms with Crippen LogP contribution in [0.4, 0.5) is 0 Å². The minimum atomic E-state index is -0.126. The highest BCUT2D eigenvalue weighted by atomic mass is 35.5. The van der Waals surface area contributed by atoms with Gasteiger partial charge in [-0.2, -0.15) is 0 Å². The van der Waals surface area contributed by atoms with Crippen LogP contribution in [-0.4, -0.2) is 20.9 Å². The van der Waals surface area contributed by atoms with Gasteiger partial charge in [-0.05, 0) is 37.8 Å². The molecule has 0 saturated heterocycles. The van der Waals surface area contributed by atoms with Gasteiger partial charge in [0.1, 0.15) is 5.01 Å². The molecule has 1 atom stereocenters. The molecule has 138 valence electrons. The molecular weight excluding hydrogens is 380 g/mol. The molecule has 7 heteroatoms. The van der Waals surface area contributed by atoms with Crippen LogP contribution in [0.5, 0.6) is 0 Å². The number of carbonyl (C=O) groups excluding carboxylic acids is 1. The highest BCUT2D eigenvalue weighted by molar-refractivity contribution is 7.13. The van der Waals surface area contributed by atoms with E-state index in [9.17, 15) is 4.79 Å². The van der Waals surface area contributed by atoms with Crippen LogP contribution in [0.25, 0.3) is 10.6 Å². The van der Waals surface area contributed by atoms with Crippen LogP contribution in [0, 0.1) is 12.8 Å². The number of nitrogens with zero attached hydrogens (tertiary/aromatic N) is 3. The number of halogens is 1. The maximum atomic E-state index is 12.6. The second-order valence-electron chi connectivity index (χ2n) is 6.74. The number of rotatable bonds is 6. The summed E-state index contributed by atoms with van der Waals surface area (Å²) in [6.45, 7) is 1.93. The van der Waals surface area contributed by atoms with Gasteiger partial charge in [0.15, 0.2) is 5.82 Å². The smallest absolute Gasteiger partial charge is 0.226 e. The average molecular weight is 399 g/mol. The van der Waals surface area contributed by atoms with Crippen molar-refractivity contribution in [3.63, 3.8) is 0 Å². The normalized spacial score (nSPS) is 14.7. The Labute approximate surface area is 166 Å². The molecule has 1 amide bonds. The Hall–Kier alpha value is -2.31. The molecule has 2 aromatic heterocycles. The Balaban J connectivity index is 1.45. The molecule has 27 heavy (non-hydrogen) atoms. The predicted molar refractivity (Wildman–Crippen MR) is 107 cm³/mol. The zero-order chi connectivity index (χ0) is 18.8. The summed E-state index contributed by atoms with van der Waals surface area (Å²) < 4.78 is 0. The van der Waals surface area contributed by atoms with Gasteiger partial charge in [0, 0.05) is 22.8 Å². The fraction of sp³-hybridized carbons (Fsp3) is 0.300. The van der Waals surface area contributed by atoms with Crippen molar-refractivity contribution in [2.45, 2.75) is 32.2 Å². The molecule has 1 aliphatic rings. The SMILES string of the molecule is Cc1ccnc([C@@H](NC(=O)Cc2csc(-c3ccccc3Cl)n2)C2CC2)n1. The summed E-state index contributed by atoms with van der Waals surface area (Å²) >= 11 is 7.73. The lowest BCUT2D eigenvalue weighted by atomic mass is 10.1. The van der Waals surface area contributed by atoms with Gasteiger partial charge in [0.2, 0.25) is 5.91 Å². The number of hydrogen-bond donors (Lipinski definition) is 1. The van der Waals surface area contributed by atoms with Crippen LogP contribution in [0.1, 0.15) is 36.1 Å². The zero-order valence-electron chi connectivity index (χ0n) is 14.9. The van der Waals surface area contributed by atoms with E-state index < -0.39 is 0 Å². The molecule has 0 unspecified atom stereocenters. The van der Waals surface area contributed by atoms with E-state index in [1.165, 1.54) is 11.3 Å². The molecule has 2 heterocycles. The molecule has 0 radical (unpaired) electrons. The lowest BCUT2D eigenvalue weighted by Gasteiger charge is -2.17. The van der Waals surface area contributed by atoms with Gasteiger partial charge in [-0.15, -0.1) is 11.3 Å². The van der Waals surface area contributed by atoms with Gasteiger partial charge in [-0.1, -0.05) is 29.8 Å². The molecule has 0 aliphatic heterocycles. The van der Waals surface area contributed by atoms with Crippen molar-refractivity contribution in [1.29, 1.82) is 0 Å². The van der Waals surface area contributed by atoms with Gasteiger partial charge in [0.25, 0.3) is 0 Å². The Morgan fingerprint density at radius 3 is 2.85 bits per heavy atom. The second kappa shape index (κ2) is 7.74. The molecule has 5 nitrogen and oxygen atoms in total. The summed E-state index contributed by atoms with van der Waals surface area (Å²) in [7, 11) is 0. The van der Waals surface area contributed by atoms with Crippen molar-refractivity contribution in [2.75, 3.05) is 0 Å². The number of aromatic nitrogens is 3. The Morgan fingerprint density at radius 2 is 2.11 bits per heavy atom. The quantitative estimate of drug-likeness (QED) is 0.669. The molecule has 4 rings (SSSR count).